The fourth-order valence-corrected chi connectivity index (χ4v) is 2.10. The van der Waals surface area contributed by atoms with E-state index in [2.05, 4.69) is 0 Å². The molecular weight excluding hydrogens is 240 g/mol. The summed E-state index contributed by atoms with van der Waals surface area (Å²) in [5.74, 6) is 0.116. The maximum atomic E-state index is 10.7. The zero-order valence-corrected chi connectivity index (χ0v) is 12.0. The van der Waals surface area contributed by atoms with E-state index in [4.69, 9.17) is 9.84 Å². The molecule has 3 heteroatoms. The number of epoxide rings is 1. The van der Waals surface area contributed by atoms with Gasteiger partial charge in [-0.25, -0.2) is 0 Å². The number of rotatable bonds is 10. The van der Waals surface area contributed by atoms with Crippen LogP contribution in [0.1, 0.15) is 52.4 Å². The predicted octanol–water partition coefficient (Wildman–Crippen LogP) is 3.18. The number of carbonyl (C=O) groups excluding carboxylic acids is 1. The van der Waals surface area contributed by atoms with Crippen molar-refractivity contribution in [1.82, 2.24) is 0 Å². The molecule has 0 radical (unpaired) electrons. The number of aliphatic hydroxyl groups excluding tert-OH is 1. The molecule has 3 nitrogen and oxygen atoms in total. The zero-order valence-electron chi connectivity index (χ0n) is 12.0. The highest BCUT2D eigenvalue weighted by molar-refractivity contribution is 5.87. The van der Waals surface area contributed by atoms with Gasteiger partial charge in [-0.3, -0.25) is 4.79 Å². The molecule has 1 heterocycles. The van der Waals surface area contributed by atoms with Gasteiger partial charge in [0.15, 0.2) is 5.78 Å². The van der Waals surface area contributed by atoms with Crippen LogP contribution in [-0.4, -0.2) is 29.2 Å². The minimum atomic E-state index is -0.340. The number of unbranched alkanes of at least 4 members (excludes halogenated alkanes) is 2. The van der Waals surface area contributed by atoms with E-state index in [0.717, 1.165) is 38.5 Å². The number of hydrogen-bond acceptors (Lipinski definition) is 3. The highest BCUT2D eigenvalue weighted by atomic mass is 16.6. The van der Waals surface area contributed by atoms with Crippen LogP contribution in [0, 0.1) is 0 Å². The summed E-state index contributed by atoms with van der Waals surface area (Å²) in [6.45, 7) is 3.33. The molecule has 19 heavy (non-hydrogen) atoms. The standard InChI is InChI=1S/C16H26O3/c1-13(17)9-5-3-7-11-15-16(19-15)12-8-4-6-10-14(2)18/h5-6,9-10,13,15-17H,3-4,7-8,11-12H2,1-2H3/b9-5+,10-6+. The SMILES string of the molecule is CC(=O)/C=C/CCCC1OC1CCC/C=C/C(C)O. The van der Waals surface area contributed by atoms with Gasteiger partial charge in [-0.15, -0.1) is 0 Å². The van der Waals surface area contributed by atoms with Gasteiger partial charge in [0.25, 0.3) is 0 Å². The van der Waals surface area contributed by atoms with E-state index in [1.165, 1.54) is 0 Å². The molecule has 3 unspecified atom stereocenters. The molecule has 0 aromatic carbocycles. The first kappa shape index (κ1) is 16.1. The fraction of sp³-hybridized carbons (Fsp3) is 0.688. The van der Waals surface area contributed by atoms with Crippen molar-refractivity contribution in [2.24, 2.45) is 0 Å². The summed E-state index contributed by atoms with van der Waals surface area (Å²) in [7, 11) is 0. The molecule has 1 aliphatic heterocycles. The molecule has 3 atom stereocenters. The molecule has 0 bridgehead atoms. The third kappa shape index (κ3) is 8.73. The van der Waals surface area contributed by atoms with Gasteiger partial charge in [0.2, 0.25) is 0 Å². The molecule has 1 saturated heterocycles. The minimum Gasteiger partial charge on any atom is -0.389 e. The second kappa shape index (κ2) is 9.05. The Labute approximate surface area is 116 Å². The third-order valence-corrected chi connectivity index (χ3v) is 3.17. The van der Waals surface area contributed by atoms with Crippen LogP contribution in [0.2, 0.25) is 0 Å². The Bertz CT molecular complexity index is 318. The number of carbonyl (C=O) groups is 1. The smallest absolute Gasteiger partial charge is 0.152 e. The van der Waals surface area contributed by atoms with Gasteiger partial charge in [-0.2, -0.15) is 0 Å². The summed E-state index contributed by atoms with van der Waals surface area (Å²) < 4.78 is 5.61. The number of aliphatic hydroxyl groups is 1. The normalized spacial score (nSPS) is 24.2. The number of hydrogen-bond donors (Lipinski definition) is 1. The van der Waals surface area contributed by atoms with Crippen molar-refractivity contribution >= 4 is 5.78 Å². The first-order valence-corrected chi connectivity index (χ1v) is 7.27. The molecule has 0 aliphatic carbocycles. The molecule has 1 fully saturated rings. The second-order valence-electron chi connectivity index (χ2n) is 5.26. The van der Waals surface area contributed by atoms with E-state index in [0.29, 0.717) is 12.2 Å². The monoisotopic (exact) mass is 266 g/mol. The van der Waals surface area contributed by atoms with Crippen LogP contribution in [-0.2, 0) is 9.53 Å². The molecule has 0 saturated carbocycles. The number of ether oxygens (including phenoxy) is 1. The first-order valence-electron chi connectivity index (χ1n) is 7.27. The van der Waals surface area contributed by atoms with Gasteiger partial charge in [-0.1, -0.05) is 18.2 Å². The molecule has 0 spiro atoms. The van der Waals surface area contributed by atoms with Crippen molar-refractivity contribution in [3.63, 3.8) is 0 Å². The van der Waals surface area contributed by atoms with E-state index in [9.17, 15) is 4.79 Å². The lowest BCUT2D eigenvalue weighted by Gasteiger charge is -1.95. The average Bonchev–Trinajstić information content (AvgIpc) is 3.06. The van der Waals surface area contributed by atoms with Crippen LogP contribution in [0.4, 0.5) is 0 Å². The van der Waals surface area contributed by atoms with Crippen LogP contribution >= 0.6 is 0 Å². The van der Waals surface area contributed by atoms with Crippen molar-refractivity contribution < 1.29 is 14.6 Å². The molecular formula is C16H26O3. The summed E-state index contributed by atoms with van der Waals surface area (Å²) in [6, 6.07) is 0. The number of ketones is 1. The highest BCUT2D eigenvalue weighted by Gasteiger charge is 2.36. The van der Waals surface area contributed by atoms with Gasteiger partial charge < -0.3 is 9.84 Å². The Kier molecular flexibility index (Phi) is 7.68. The van der Waals surface area contributed by atoms with Gasteiger partial charge in [0.05, 0.1) is 18.3 Å². The van der Waals surface area contributed by atoms with Crippen LogP contribution in [0.25, 0.3) is 0 Å². The van der Waals surface area contributed by atoms with Crippen LogP contribution in [0.15, 0.2) is 24.3 Å². The fourth-order valence-electron chi connectivity index (χ4n) is 2.10. The number of allylic oxidation sites excluding steroid dienone is 3. The molecule has 108 valence electrons. The van der Waals surface area contributed by atoms with E-state index in [-0.39, 0.29) is 11.9 Å². The Hall–Kier alpha value is -0.930. The summed E-state index contributed by atoms with van der Waals surface area (Å²) in [4.78, 5) is 10.7. The van der Waals surface area contributed by atoms with E-state index in [1.54, 1.807) is 19.9 Å². The van der Waals surface area contributed by atoms with Gasteiger partial charge in [0.1, 0.15) is 0 Å². The molecule has 1 N–H and O–H groups in total. The molecule has 1 aliphatic rings. The van der Waals surface area contributed by atoms with Crippen LogP contribution < -0.4 is 0 Å². The van der Waals surface area contributed by atoms with Gasteiger partial charge in [0, 0.05) is 0 Å². The predicted molar refractivity (Wildman–Crippen MR) is 77.0 cm³/mol. The Morgan fingerprint density at radius 1 is 1.21 bits per heavy atom. The molecule has 0 amide bonds. The van der Waals surface area contributed by atoms with Crippen LogP contribution in [0.3, 0.4) is 0 Å². The Morgan fingerprint density at radius 2 is 1.79 bits per heavy atom. The minimum absolute atomic E-state index is 0.116. The maximum Gasteiger partial charge on any atom is 0.152 e. The lowest BCUT2D eigenvalue weighted by molar-refractivity contribution is -0.112. The largest absolute Gasteiger partial charge is 0.389 e. The Morgan fingerprint density at radius 3 is 2.32 bits per heavy atom. The molecule has 0 aromatic heterocycles. The third-order valence-electron chi connectivity index (χ3n) is 3.17. The van der Waals surface area contributed by atoms with Crippen molar-refractivity contribution in [3.05, 3.63) is 24.3 Å². The van der Waals surface area contributed by atoms with E-state index >= 15 is 0 Å². The lowest BCUT2D eigenvalue weighted by atomic mass is 10.1. The van der Waals surface area contributed by atoms with Gasteiger partial charge >= 0.3 is 0 Å². The molecule has 1 rings (SSSR count). The van der Waals surface area contributed by atoms with Gasteiger partial charge in [-0.05, 0) is 58.4 Å². The first-order chi connectivity index (χ1) is 9.09. The quantitative estimate of drug-likeness (QED) is 0.286. The Balaban J connectivity index is 1.93. The summed E-state index contributed by atoms with van der Waals surface area (Å²) >= 11 is 0. The topological polar surface area (TPSA) is 49.8 Å². The molecule has 0 aromatic rings. The van der Waals surface area contributed by atoms with Crippen molar-refractivity contribution in [3.8, 4) is 0 Å². The summed E-state index contributed by atoms with van der Waals surface area (Å²) in [5, 5.41) is 9.05. The van der Waals surface area contributed by atoms with Crippen molar-refractivity contribution in [1.29, 1.82) is 0 Å². The lowest BCUT2D eigenvalue weighted by Crippen LogP contribution is -1.94. The zero-order chi connectivity index (χ0) is 14.1. The average molecular weight is 266 g/mol. The van der Waals surface area contributed by atoms with Crippen molar-refractivity contribution in [2.75, 3.05) is 0 Å². The summed E-state index contributed by atoms with van der Waals surface area (Å²) in [5.41, 5.74) is 0. The summed E-state index contributed by atoms with van der Waals surface area (Å²) in [6.07, 6.45) is 14.4. The van der Waals surface area contributed by atoms with Crippen molar-refractivity contribution in [2.45, 2.75) is 70.7 Å². The maximum absolute atomic E-state index is 10.7. The van der Waals surface area contributed by atoms with E-state index < -0.39 is 0 Å². The van der Waals surface area contributed by atoms with E-state index in [1.807, 2.05) is 18.2 Å². The second-order valence-corrected chi connectivity index (χ2v) is 5.26. The highest BCUT2D eigenvalue weighted by Crippen LogP contribution is 2.31. The van der Waals surface area contributed by atoms with Crippen LogP contribution in [0.5, 0.6) is 0 Å².